The van der Waals surface area contributed by atoms with Crippen molar-refractivity contribution in [3.63, 3.8) is 0 Å². The van der Waals surface area contributed by atoms with Crippen molar-refractivity contribution in [2.75, 3.05) is 6.54 Å². The number of nitrogens with zero attached hydrogens (tertiary/aromatic N) is 1. The molecule has 1 aliphatic rings. The highest BCUT2D eigenvalue weighted by molar-refractivity contribution is 5.73. The Morgan fingerprint density at radius 1 is 1.47 bits per heavy atom. The van der Waals surface area contributed by atoms with E-state index in [2.05, 4.69) is 18.7 Å². The zero-order valence-electron chi connectivity index (χ0n) is 10.3. The number of hydrogen-bond acceptors (Lipinski definition) is 2. The summed E-state index contributed by atoms with van der Waals surface area (Å²) in [7, 11) is 0. The lowest BCUT2D eigenvalue weighted by atomic mass is 9.92. The van der Waals surface area contributed by atoms with Crippen LogP contribution >= 0.6 is 0 Å². The monoisotopic (exact) mass is 213 g/mol. The standard InChI is InChI=1S/C12H23NO2/c1-5-10-7-6-9(2)13(10)8-12(3,4)11(14)15/h9-10H,5-8H2,1-4H3,(H,14,15). The molecule has 3 nitrogen and oxygen atoms in total. The lowest BCUT2D eigenvalue weighted by molar-refractivity contribution is -0.148. The van der Waals surface area contributed by atoms with Crippen molar-refractivity contribution in [3.8, 4) is 0 Å². The van der Waals surface area contributed by atoms with Gasteiger partial charge in [-0.25, -0.2) is 0 Å². The first-order valence-corrected chi connectivity index (χ1v) is 5.87. The molecule has 2 atom stereocenters. The molecule has 3 heteroatoms. The summed E-state index contributed by atoms with van der Waals surface area (Å²) in [4.78, 5) is 13.5. The molecule has 88 valence electrons. The number of likely N-dealkylation sites (tertiary alicyclic amines) is 1. The topological polar surface area (TPSA) is 40.5 Å². The summed E-state index contributed by atoms with van der Waals surface area (Å²) in [6.07, 6.45) is 3.54. The lowest BCUT2D eigenvalue weighted by Crippen LogP contribution is -2.44. The van der Waals surface area contributed by atoms with Crippen LogP contribution in [0.25, 0.3) is 0 Å². The highest BCUT2D eigenvalue weighted by Gasteiger charge is 2.36. The number of rotatable bonds is 4. The predicted molar refractivity (Wildman–Crippen MR) is 60.9 cm³/mol. The van der Waals surface area contributed by atoms with Crippen molar-refractivity contribution in [3.05, 3.63) is 0 Å². The van der Waals surface area contributed by atoms with E-state index in [9.17, 15) is 4.79 Å². The number of carboxylic acids is 1. The van der Waals surface area contributed by atoms with Gasteiger partial charge in [0.05, 0.1) is 5.41 Å². The van der Waals surface area contributed by atoms with Gasteiger partial charge in [-0.3, -0.25) is 9.69 Å². The van der Waals surface area contributed by atoms with Crippen LogP contribution in [0.1, 0.15) is 47.0 Å². The summed E-state index contributed by atoms with van der Waals surface area (Å²) in [6, 6.07) is 1.12. The van der Waals surface area contributed by atoms with E-state index in [-0.39, 0.29) is 0 Å². The van der Waals surface area contributed by atoms with Crippen molar-refractivity contribution in [1.29, 1.82) is 0 Å². The second-order valence-electron chi connectivity index (χ2n) is 5.35. The molecular formula is C12H23NO2. The van der Waals surface area contributed by atoms with E-state index >= 15 is 0 Å². The minimum atomic E-state index is -0.698. The Bertz CT molecular complexity index is 238. The molecule has 0 aromatic heterocycles. The van der Waals surface area contributed by atoms with Crippen LogP contribution in [-0.2, 0) is 4.79 Å². The van der Waals surface area contributed by atoms with Gasteiger partial charge in [-0.2, -0.15) is 0 Å². The van der Waals surface area contributed by atoms with E-state index in [4.69, 9.17) is 5.11 Å². The third kappa shape index (κ3) is 2.71. The minimum absolute atomic E-state index is 0.536. The molecule has 1 rings (SSSR count). The van der Waals surface area contributed by atoms with E-state index in [1.165, 1.54) is 12.8 Å². The number of aliphatic carboxylic acids is 1. The van der Waals surface area contributed by atoms with Gasteiger partial charge in [0.25, 0.3) is 0 Å². The summed E-state index contributed by atoms with van der Waals surface area (Å²) < 4.78 is 0. The second kappa shape index (κ2) is 4.52. The van der Waals surface area contributed by atoms with Crippen LogP contribution in [0.3, 0.4) is 0 Å². The molecule has 0 amide bonds. The first kappa shape index (κ1) is 12.5. The van der Waals surface area contributed by atoms with Crippen LogP contribution in [0.5, 0.6) is 0 Å². The molecule has 0 saturated carbocycles. The van der Waals surface area contributed by atoms with E-state index in [1.807, 2.05) is 13.8 Å². The molecule has 0 bridgehead atoms. The van der Waals surface area contributed by atoms with Gasteiger partial charge in [-0.15, -0.1) is 0 Å². The molecule has 0 aliphatic carbocycles. The maximum Gasteiger partial charge on any atom is 0.310 e. The predicted octanol–water partition coefficient (Wildman–Crippen LogP) is 2.36. The molecule has 0 radical (unpaired) electrons. The zero-order chi connectivity index (χ0) is 11.6. The Hall–Kier alpha value is -0.570. The minimum Gasteiger partial charge on any atom is -0.481 e. The molecular weight excluding hydrogens is 190 g/mol. The van der Waals surface area contributed by atoms with Gasteiger partial charge in [0.15, 0.2) is 0 Å². The third-order valence-corrected chi connectivity index (χ3v) is 3.58. The SMILES string of the molecule is CCC1CCC(C)N1CC(C)(C)C(=O)O. The number of hydrogen-bond donors (Lipinski definition) is 1. The molecule has 1 aliphatic heterocycles. The van der Waals surface area contributed by atoms with Gasteiger partial charge >= 0.3 is 5.97 Å². The Morgan fingerprint density at radius 2 is 2.07 bits per heavy atom. The van der Waals surface area contributed by atoms with Crippen molar-refractivity contribution in [1.82, 2.24) is 4.90 Å². The number of carbonyl (C=O) groups is 1. The summed E-state index contributed by atoms with van der Waals surface area (Å²) in [6.45, 7) is 8.68. The summed E-state index contributed by atoms with van der Waals surface area (Å²) >= 11 is 0. The van der Waals surface area contributed by atoms with Crippen LogP contribution in [0.2, 0.25) is 0 Å². The first-order valence-electron chi connectivity index (χ1n) is 5.87. The van der Waals surface area contributed by atoms with Crippen LogP contribution in [0.4, 0.5) is 0 Å². The van der Waals surface area contributed by atoms with Crippen LogP contribution in [0, 0.1) is 5.41 Å². The van der Waals surface area contributed by atoms with Gasteiger partial charge in [-0.1, -0.05) is 6.92 Å². The average molecular weight is 213 g/mol. The van der Waals surface area contributed by atoms with Gasteiger partial charge in [-0.05, 0) is 40.0 Å². The van der Waals surface area contributed by atoms with Gasteiger partial charge in [0.1, 0.15) is 0 Å². The fourth-order valence-corrected chi connectivity index (χ4v) is 2.37. The lowest BCUT2D eigenvalue weighted by Gasteiger charge is -2.33. The number of carboxylic acid groups (broad SMARTS) is 1. The van der Waals surface area contributed by atoms with Gasteiger partial charge in [0, 0.05) is 18.6 Å². The van der Waals surface area contributed by atoms with E-state index in [0.717, 1.165) is 6.42 Å². The maximum absolute atomic E-state index is 11.1. The third-order valence-electron chi connectivity index (χ3n) is 3.58. The van der Waals surface area contributed by atoms with E-state index < -0.39 is 11.4 Å². The van der Waals surface area contributed by atoms with Crippen molar-refractivity contribution >= 4 is 5.97 Å². The van der Waals surface area contributed by atoms with Gasteiger partial charge < -0.3 is 5.11 Å². The molecule has 0 aromatic carbocycles. The highest BCUT2D eigenvalue weighted by atomic mass is 16.4. The van der Waals surface area contributed by atoms with Crippen LogP contribution < -0.4 is 0 Å². The molecule has 0 aromatic rings. The van der Waals surface area contributed by atoms with Crippen molar-refractivity contribution in [2.45, 2.75) is 59.0 Å². The Kier molecular flexibility index (Phi) is 3.77. The normalized spacial score (nSPS) is 28.3. The quantitative estimate of drug-likeness (QED) is 0.779. The molecule has 1 N–H and O–H groups in total. The zero-order valence-corrected chi connectivity index (χ0v) is 10.3. The fraction of sp³-hybridized carbons (Fsp3) is 0.917. The molecule has 0 spiro atoms. The Balaban J connectivity index is 2.67. The van der Waals surface area contributed by atoms with E-state index in [1.54, 1.807) is 0 Å². The van der Waals surface area contributed by atoms with Gasteiger partial charge in [0.2, 0.25) is 0 Å². The molecule has 1 saturated heterocycles. The second-order valence-corrected chi connectivity index (χ2v) is 5.35. The Labute approximate surface area is 92.5 Å². The highest BCUT2D eigenvalue weighted by Crippen LogP contribution is 2.30. The molecule has 1 heterocycles. The fourth-order valence-electron chi connectivity index (χ4n) is 2.37. The summed E-state index contributed by atoms with van der Waals surface area (Å²) in [5.41, 5.74) is -0.633. The smallest absolute Gasteiger partial charge is 0.310 e. The van der Waals surface area contributed by atoms with Crippen LogP contribution in [-0.4, -0.2) is 34.6 Å². The first-order chi connectivity index (χ1) is 6.88. The van der Waals surface area contributed by atoms with Crippen molar-refractivity contribution in [2.24, 2.45) is 5.41 Å². The molecule has 15 heavy (non-hydrogen) atoms. The largest absolute Gasteiger partial charge is 0.481 e. The van der Waals surface area contributed by atoms with Crippen molar-refractivity contribution < 1.29 is 9.90 Å². The average Bonchev–Trinajstić information content (AvgIpc) is 2.47. The maximum atomic E-state index is 11.1. The van der Waals surface area contributed by atoms with E-state index in [0.29, 0.717) is 18.6 Å². The molecule has 1 fully saturated rings. The Morgan fingerprint density at radius 3 is 2.53 bits per heavy atom. The summed E-state index contributed by atoms with van der Waals surface area (Å²) in [5.74, 6) is -0.698. The molecule has 2 unspecified atom stereocenters. The summed E-state index contributed by atoms with van der Waals surface area (Å²) in [5, 5.41) is 9.12. The van der Waals surface area contributed by atoms with Crippen LogP contribution in [0.15, 0.2) is 0 Å².